The lowest BCUT2D eigenvalue weighted by atomic mass is 9.82. The summed E-state index contributed by atoms with van der Waals surface area (Å²) in [4.78, 5) is 13.8. The van der Waals surface area contributed by atoms with Gasteiger partial charge in [-0.15, -0.1) is 11.3 Å². The summed E-state index contributed by atoms with van der Waals surface area (Å²) in [6, 6.07) is 4.25. The van der Waals surface area contributed by atoms with E-state index >= 15 is 0 Å². The topological polar surface area (TPSA) is 49.3 Å². The first-order valence-electron chi connectivity index (χ1n) is 5.56. The van der Waals surface area contributed by atoms with Crippen molar-refractivity contribution in [3.63, 3.8) is 0 Å². The first-order chi connectivity index (χ1) is 7.51. The minimum Gasteiger partial charge on any atom is -0.480 e. The van der Waals surface area contributed by atoms with Crippen LogP contribution >= 0.6 is 11.3 Å². The van der Waals surface area contributed by atoms with E-state index in [1.54, 1.807) is 18.3 Å². The third-order valence-electron chi connectivity index (χ3n) is 3.30. The van der Waals surface area contributed by atoms with Gasteiger partial charge in [0.2, 0.25) is 0 Å². The largest absolute Gasteiger partial charge is 0.480 e. The van der Waals surface area contributed by atoms with Crippen LogP contribution in [0.2, 0.25) is 0 Å². The maximum atomic E-state index is 11.2. The molecule has 1 saturated heterocycles. The van der Waals surface area contributed by atoms with Gasteiger partial charge in [-0.05, 0) is 51.3 Å². The van der Waals surface area contributed by atoms with Crippen LogP contribution in [0.4, 0.5) is 0 Å². The van der Waals surface area contributed by atoms with E-state index in [4.69, 9.17) is 0 Å². The fourth-order valence-electron chi connectivity index (χ4n) is 2.27. The molecule has 2 N–H and O–H groups in total. The maximum Gasteiger partial charge on any atom is 0.323 e. The molecule has 0 amide bonds. The maximum absolute atomic E-state index is 11.2. The van der Waals surface area contributed by atoms with Crippen LogP contribution in [0, 0.1) is 6.92 Å². The van der Waals surface area contributed by atoms with Crippen molar-refractivity contribution in [1.29, 1.82) is 0 Å². The highest BCUT2D eigenvalue weighted by molar-refractivity contribution is 7.12. The normalized spacial score (nSPS) is 30.2. The van der Waals surface area contributed by atoms with Crippen molar-refractivity contribution < 1.29 is 9.90 Å². The van der Waals surface area contributed by atoms with Gasteiger partial charge in [0.25, 0.3) is 0 Å². The number of hydrogen-bond acceptors (Lipinski definition) is 3. The van der Waals surface area contributed by atoms with Crippen molar-refractivity contribution in [2.75, 3.05) is 6.54 Å². The van der Waals surface area contributed by atoms with Crippen LogP contribution in [0.15, 0.2) is 12.1 Å². The van der Waals surface area contributed by atoms with Crippen LogP contribution in [-0.2, 0) is 4.79 Å². The summed E-state index contributed by atoms with van der Waals surface area (Å²) < 4.78 is 0. The molecule has 3 nitrogen and oxygen atoms in total. The number of carboxylic acids is 1. The van der Waals surface area contributed by atoms with E-state index in [1.807, 2.05) is 0 Å². The molecule has 0 bridgehead atoms. The highest BCUT2D eigenvalue weighted by Crippen LogP contribution is 2.36. The van der Waals surface area contributed by atoms with Crippen LogP contribution in [0.25, 0.3) is 0 Å². The first kappa shape index (κ1) is 11.6. The predicted octanol–water partition coefficient (Wildman–Crippen LogP) is 2.37. The summed E-state index contributed by atoms with van der Waals surface area (Å²) in [6.07, 6.45) is 1.71. The highest BCUT2D eigenvalue weighted by Gasteiger charge is 2.39. The lowest BCUT2D eigenvalue weighted by Crippen LogP contribution is -2.53. The fraction of sp³-hybridized carbons (Fsp3) is 0.583. The Morgan fingerprint density at radius 1 is 1.62 bits per heavy atom. The van der Waals surface area contributed by atoms with Crippen LogP contribution in [-0.4, -0.2) is 23.2 Å². The zero-order valence-corrected chi connectivity index (χ0v) is 10.4. The number of piperidine rings is 1. The average Bonchev–Trinajstić information content (AvgIpc) is 2.65. The third-order valence-corrected chi connectivity index (χ3v) is 4.46. The molecule has 2 heterocycles. The molecule has 2 atom stereocenters. The number of rotatable bonds is 2. The Hall–Kier alpha value is -0.870. The van der Waals surface area contributed by atoms with Gasteiger partial charge in [-0.25, -0.2) is 0 Å². The molecule has 0 aromatic carbocycles. The van der Waals surface area contributed by atoms with E-state index < -0.39 is 11.5 Å². The van der Waals surface area contributed by atoms with Gasteiger partial charge < -0.3 is 10.4 Å². The number of hydrogen-bond donors (Lipinski definition) is 2. The van der Waals surface area contributed by atoms with Crippen molar-refractivity contribution in [1.82, 2.24) is 5.32 Å². The van der Waals surface area contributed by atoms with Crippen LogP contribution in [0.3, 0.4) is 0 Å². The summed E-state index contributed by atoms with van der Waals surface area (Å²) in [5, 5.41) is 12.3. The average molecular weight is 239 g/mol. The molecule has 0 saturated carbocycles. The molecule has 2 rings (SSSR count). The van der Waals surface area contributed by atoms with Crippen molar-refractivity contribution in [2.24, 2.45) is 0 Å². The molecule has 1 fully saturated rings. The molecule has 2 unspecified atom stereocenters. The van der Waals surface area contributed by atoms with Gasteiger partial charge in [-0.2, -0.15) is 0 Å². The van der Waals surface area contributed by atoms with Gasteiger partial charge in [-0.3, -0.25) is 4.79 Å². The number of carbonyl (C=O) groups is 1. The number of nitrogens with one attached hydrogen (secondary N) is 1. The second-order valence-corrected chi connectivity index (χ2v) is 6.02. The van der Waals surface area contributed by atoms with Gasteiger partial charge in [0.15, 0.2) is 0 Å². The van der Waals surface area contributed by atoms with Gasteiger partial charge in [0.05, 0.1) is 0 Å². The molecule has 0 spiro atoms. The first-order valence-corrected chi connectivity index (χ1v) is 6.38. The van der Waals surface area contributed by atoms with Crippen molar-refractivity contribution in [3.05, 3.63) is 21.9 Å². The molecule has 1 aromatic heterocycles. The second kappa shape index (κ2) is 4.18. The van der Waals surface area contributed by atoms with E-state index in [1.165, 1.54) is 9.75 Å². The van der Waals surface area contributed by atoms with Gasteiger partial charge >= 0.3 is 5.97 Å². The molecule has 1 aliphatic heterocycles. The molecule has 4 heteroatoms. The van der Waals surface area contributed by atoms with Gasteiger partial charge in [0.1, 0.15) is 5.54 Å². The SMILES string of the molecule is Cc1ccc(C2CCNC(C)(C(=O)O)C2)s1. The van der Waals surface area contributed by atoms with E-state index in [2.05, 4.69) is 24.4 Å². The molecule has 1 aliphatic rings. The minimum absolute atomic E-state index is 0.390. The van der Waals surface area contributed by atoms with Gasteiger partial charge in [0, 0.05) is 9.75 Å². The monoisotopic (exact) mass is 239 g/mol. The van der Waals surface area contributed by atoms with E-state index in [-0.39, 0.29) is 0 Å². The summed E-state index contributed by atoms with van der Waals surface area (Å²) in [6.45, 7) is 4.65. The molecule has 0 radical (unpaired) electrons. The zero-order valence-electron chi connectivity index (χ0n) is 9.62. The van der Waals surface area contributed by atoms with Crippen molar-refractivity contribution in [3.8, 4) is 0 Å². The molecular weight excluding hydrogens is 222 g/mol. The summed E-state index contributed by atoms with van der Waals surface area (Å²) >= 11 is 1.79. The number of thiophene rings is 1. The van der Waals surface area contributed by atoms with Crippen LogP contribution in [0.5, 0.6) is 0 Å². The Labute approximate surface area is 99.5 Å². The predicted molar refractivity (Wildman–Crippen MR) is 65.1 cm³/mol. The third kappa shape index (κ3) is 2.13. The van der Waals surface area contributed by atoms with E-state index in [0.29, 0.717) is 12.3 Å². The zero-order chi connectivity index (χ0) is 11.8. The lowest BCUT2D eigenvalue weighted by molar-refractivity contribution is -0.145. The Kier molecular flexibility index (Phi) is 3.04. The Balaban J connectivity index is 2.16. The Morgan fingerprint density at radius 3 is 2.94 bits per heavy atom. The number of aryl methyl sites for hydroxylation is 1. The van der Waals surface area contributed by atoms with E-state index in [0.717, 1.165) is 13.0 Å². The summed E-state index contributed by atoms with van der Waals surface area (Å²) in [5.74, 6) is -0.355. The van der Waals surface area contributed by atoms with Crippen LogP contribution in [0.1, 0.15) is 35.4 Å². The molecule has 1 aromatic rings. The van der Waals surface area contributed by atoms with Gasteiger partial charge in [-0.1, -0.05) is 0 Å². The quantitative estimate of drug-likeness (QED) is 0.833. The fourth-order valence-corrected chi connectivity index (χ4v) is 3.28. The smallest absolute Gasteiger partial charge is 0.323 e. The highest BCUT2D eigenvalue weighted by atomic mass is 32.1. The molecule has 16 heavy (non-hydrogen) atoms. The molecule has 0 aliphatic carbocycles. The summed E-state index contributed by atoms with van der Waals surface area (Å²) in [5.41, 5.74) is -0.763. The van der Waals surface area contributed by atoms with Crippen LogP contribution < -0.4 is 5.32 Å². The summed E-state index contributed by atoms with van der Waals surface area (Å²) in [7, 11) is 0. The molecular formula is C12H17NO2S. The van der Waals surface area contributed by atoms with E-state index in [9.17, 15) is 9.90 Å². The van der Waals surface area contributed by atoms with Crippen molar-refractivity contribution >= 4 is 17.3 Å². The number of aliphatic carboxylic acids is 1. The Morgan fingerprint density at radius 2 is 2.38 bits per heavy atom. The standard InChI is InChI=1S/C12H17NO2S/c1-8-3-4-10(16-8)9-5-6-13-12(2,7-9)11(14)15/h3-4,9,13H,5-7H2,1-2H3,(H,14,15). The second-order valence-electron chi connectivity index (χ2n) is 4.70. The number of carboxylic acid groups (broad SMARTS) is 1. The molecule has 88 valence electrons. The Bertz CT molecular complexity index is 401. The van der Waals surface area contributed by atoms with Crippen molar-refractivity contribution in [2.45, 2.75) is 38.1 Å². The lowest BCUT2D eigenvalue weighted by Gasteiger charge is -2.35. The minimum atomic E-state index is -0.763.